The lowest BCUT2D eigenvalue weighted by molar-refractivity contribution is 0.675. The van der Waals surface area contributed by atoms with Gasteiger partial charge in [0.15, 0.2) is 0 Å². The van der Waals surface area contributed by atoms with Gasteiger partial charge in [-0.1, -0.05) is 44.4 Å². The second kappa shape index (κ2) is 7.41. The van der Waals surface area contributed by atoms with Gasteiger partial charge < -0.3 is 0 Å². The predicted molar refractivity (Wildman–Crippen MR) is 83.2 cm³/mol. The van der Waals surface area contributed by atoms with E-state index in [1.165, 1.54) is 59.9 Å². The van der Waals surface area contributed by atoms with Crippen LogP contribution in [0.1, 0.15) is 66.8 Å². The Morgan fingerprint density at radius 1 is 0.889 bits per heavy atom. The van der Waals surface area contributed by atoms with E-state index in [1.54, 1.807) is 0 Å². The van der Waals surface area contributed by atoms with Gasteiger partial charge in [-0.3, -0.25) is 0 Å². The van der Waals surface area contributed by atoms with Crippen molar-refractivity contribution in [1.82, 2.24) is 0 Å². The topological polar surface area (TPSA) is 0 Å². The summed E-state index contributed by atoms with van der Waals surface area (Å²) in [7, 11) is 0. The lowest BCUT2D eigenvalue weighted by atomic mass is 9.94. The van der Waals surface area contributed by atoms with E-state index in [-0.39, 0.29) is 0 Å². The average Bonchev–Trinajstić information content (AvgIpc) is 2.35. The summed E-state index contributed by atoms with van der Waals surface area (Å²) in [4.78, 5) is 0. The Bertz CT molecular complexity index is 384. The van der Waals surface area contributed by atoms with Crippen LogP contribution in [0.25, 0.3) is 6.08 Å². The first-order valence-electron chi connectivity index (χ1n) is 7.31. The Kier molecular flexibility index (Phi) is 6.18. The molecular weight excluding hydrogens is 216 g/mol. The fourth-order valence-electron chi connectivity index (χ4n) is 2.39. The monoisotopic (exact) mass is 244 g/mol. The third-order valence-electron chi connectivity index (χ3n) is 3.93. The van der Waals surface area contributed by atoms with Gasteiger partial charge in [-0.25, -0.2) is 0 Å². The predicted octanol–water partition coefficient (Wildman–Crippen LogP) is 5.90. The summed E-state index contributed by atoms with van der Waals surface area (Å²) in [5.41, 5.74) is 7.11. The van der Waals surface area contributed by atoms with E-state index in [4.69, 9.17) is 0 Å². The van der Waals surface area contributed by atoms with Gasteiger partial charge in [-0.2, -0.15) is 0 Å². The number of allylic oxidation sites excluding steroid dienone is 1. The molecule has 0 fully saturated rings. The van der Waals surface area contributed by atoms with Crippen molar-refractivity contribution in [2.75, 3.05) is 0 Å². The van der Waals surface area contributed by atoms with Gasteiger partial charge in [0.05, 0.1) is 0 Å². The minimum Gasteiger partial charge on any atom is -0.0839 e. The largest absolute Gasteiger partial charge is 0.0839 e. The molecule has 0 aromatic heterocycles. The fraction of sp³-hybridized carbons (Fsp3) is 0.556. The molecule has 0 spiro atoms. The zero-order valence-corrected chi connectivity index (χ0v) is 12.8. The number of hydrogen-bond donors (Lipinski definition) is 0. The molecule has 0 aliphatic carbocycles. The molecule has 0 saturated heterocycles. The average molecular weight is 244 g/mol. The van der Waals surface area contributed by atoms with E-state index >= 15 is 0 Å². The Balaban J connectivity index is 2.69. The number of hydrogen-bond acceptors (Lipinski definition) is 0. The molecule has 1 rings (SSSR count). The van der Waals surface area contributed by atoms with Gasteiger partial charge in [-0.05, 0) is 68.4 Å². The third-order valence-corrected chi connectivity index (χ3v) is 3.93. The quantitative estimate of drug-likeness (QED) is 0.546. The molecule has 0 nitrogen and oxygen atoms in total. The van der Waals surface area contributed by atoms with E-state index in [9.17, 15) is 0 Å². The van der Waals surface area contributed by atoms with Gasteiger partial charge in [0.25, 0.3) is 0 Å². The molecule has 100 valence electrons. The molecule has 0 radical (unpaired) electrons. The zero-order chi connectivity index (χ0) is 13.5. The van der Waals surface area contributed by atoms with E-state index < -0.39 is 0 Å². The van der Waals surface area contributed by atoms with Crippen LogP contribution >= 0.6 is 0 Å². The van der Waals surface area contributed by atoms with Crippen LogP contribution < -0.4 is 0 Å². The van der Waals surface area contributed by atoms with Gasteiger partial charge >= 0.3 is 0 Å². The van der Waals surface area contributed by atoms with E-state index in [0.29, 0.717) is 0 Å². The molecular formula is C18H28. The standard InChI is InChI=1S/C18H28/c1-6-7-8-9-10-11-12-18-16(4)14(2)13-15(3)17(18)5/h11-13H,6-10H2,1-5H3. The lowest BCUT2D eigenvalue weighted by Gasteiger charge is -2.12. The number of unbranched alkanes of at least 4 members (excludes halogenated alkanes) is 4. The van der Waals surface area contributed by atoms with Crippen LogP contribution in [0.5, 0.6) is 0 Å². The molecule has 0 atom stereocenters. The molecule has 0 saturated carbocycles. The summed E-state index contributed by atoms with van der Waals surface area (Å²) in [5, 5.41) is 0. The summed E-state index contributed by atoms with van der Waals surface area (Å²) in [6.45, 7) is 11.1. The third kappa shape index (κ3) is 4.01. The highest BCUT2D eigenvalue weighted by molar-refractivity contribution is 5.61. The molecule has 0 unspecified atom stereocenters. The molecule has 0 bridgehead atoms. The van der Waals surface area contributed by atoms with E-state index in [2.05, 4.69) is 52.8 Å². The smallest absolute Gasteiger partial charge is 0.0196 e. The first-order chi connectivity index (χ1) is 8.57. The van der Waals surface area contributed by atoms with Gasteiger partial charge in [0.1, 0.15) is 0 Å². The van der Waals surface area contributed by atoms with Gasteiger partial charge in [0.2, 0.25) is 0 Å². The van der Waals surface area contributed by atoms with Gasteiger partial charge in [0, 0.05) is 0 Å². The van der Waals surface area contributed by atoms with Crippen molar-refractivity contribution < 1.29 is 0 Å². The van der Waals surface area contributed by atoms with Crippen molar-refractivity contribution in [2.45, 2.75) is 66.7 Å². The molecule has 18 heavy (non-hydrogen) atoms. The summed E-state index contributed by atoms with van der Waals surface area (Å²) in [6, 6.07) is 2.29. The second-order valence-corrected chi connectivity index (χ2v) is 5.43. The zero-order valence-electron chi connectivity index (χ0n) is 12.8. The van der Waals surface area contributed by atoms with E-state index in [1.807, 2.05) is 0 Å². The Labute approximate surface area is 113 Å². The van der Waals surface area contributed by atoms with Crippen LogP contribution in [0.2, 0.25) is 0 Å². The Hall–Kier alpha value is -1.04. The molecule has 0 aliphatic heterocycles. The first kappa shape index (κ1) is 15.0. The maximum Gasteiger partial charge on any atom is -0.0196 e. The maximum absolute atomic E-state index is 2.35. The minimum absolute atomic E-state index is 1.21. The summed E-state index contributed by atoms with van der Waals surface area (Å²) < 4.78 is 0. The molecule has 1 aromatic carbocycles. The lowest BCUT2D eigenvalue weighted by Crippen LogP contribution is -1.94. The number of rotatable bonds is 6. The van der Waals surface area contributed by atoms with E-state index in [0.717, 1.165) is 0 Å². The van der Waals surface area contributed by atoms with Crippen LogP contribution in [0, 0.1) is 27.7 Å². The maximum atomic E-state index is 2.35. The Morgan fingerprint density at radius 3 is 2.06 bits per heavy atom. The highest BCUT2D eigenvalue weighted by Crippen LogP contribution is 2.23. The van der Waals surface area contributed by atoms with Crippen molar-refractivity contribution in [1.29, 1.82) is 0 Å². The summed E-state index contributed by atoms with van der Waals surface area (Å²) >= 11 is 0. The second-order valence-electron chi connectivity index (χ2n) is 5.43. The van der Waals surface area contributed by atoms with Crippen molar-refractivity contribution in [3.63, 3.8) is 0 Å². The van der Waals surface area contributed by atoms with Crippen LogP contribution in [-0.4, -0.2) is 0 Å². The summed E-state index contributed by atoms with van der Waals surface area (Å²) in [5.74, 6) is 0. The molecule has 0 N–H and O–H groups in total. The molecule has 0 amide bonds. The van der Waals surface area contributed by atoms with Crippen LogP contribution in [0.4, 0.5) is 0 Å². The molecule has 0 aliphatic rings. The molecule has 0 heterocycles. The highest BCUT2D eigenvalue weighted by Gasteiger charge is 2.04. The molecule has 1 aromatic rings. The highest BCUT2D eigenvalue weighted by atomic mass is 14.1. The number of benzene rings is 1. The normalized spacial score (nSPS) is 11.4. The SMILES string of the molecule is CCCCCCC=Cc1c(C)c(C)cc(C)c1C. The van der Waals surface area contributed by atoms with Crippen molar-refractivity contribution in [3.05, 3.63) is 40.0 Å². The van der Waals surface area contributed by atoms with Crippen molar-refractivity contribution >= 4 is 6.08 Å². The minimum atomic E-state index is 1.21. The van der Waals surface area contributed by atoms with Gasteiger partial charge in [-0.15, -0.1) is 0 Å². The Morgan fingerprint density at radius 2 is 1.50 bits per heavy atom. The summed E-state index contributed by atoms with van der Waals surface area (Å²) in [6.07, 6.45) is 11.3. The van der Waals surface area contributed by atoms with Crippen LogP contribution in [-0.2, 0) is 0 Å². The van der Waals surface area contributed by atoms with Crippen molar-refractivity contribution in [3.8, 4) is 0 Å². The first-order valence-corrected chi connectivity index (χ1v) is 7.31. The molecule has 0 heteroatoms. The fourth-order valence-corrected chi connectivity index (χ4v) is 2.39. The van der Waals surface area contributed by atoms with Crippen LogP contribution in [0.3, 0.4) is 0 Å². The van der Waals surface area contributed by atoms with Crippen LogP contribution in [0.15, 0.2) is 12.1 Å². The number of aryl methyl sites for hydroxylation is 2. The van der Waals surface area contributed by atoms with Crippen molar-refractivity contribution in [2.24, 2.45) is 0 Å².